The molecule has 0 fully saturated rings. The number of rotatable bonds is 5. The lowest BCUT2D eigenvalue weighted by Gasteiger charge is -2.29. The molecule has 0 aliphatic carbocycles. The van der Waals surface area contributed by atoms with E-state index in [1.54, 1.807) is 4.90 Å². The summed E-state index contributed by atoms with van der Waals surface area (Å²) in [5.41, 5.74) is 1.11. The second-order valence-corrected chi connectivity index (χ2v) is 6.35. The monoisotopic (exact) mass is 354 g/mol. The number of benzene rings is 1. The molecule has 0 bridgehead atoms. The van der Waals surface area contributed by atoms with Crippen LogP contribution < -0.4 is 5.32 Å². The maximum Gasteiger partial charge on any atom is 0.312 e. The van der Waals surface area contributed by atoms with E-state index in [0.717, 1.165) is 10.0 Å². The van der Waals surface area contributed by atoms with Gasteiger partial charge in [-0.05, 0) is 45.7 Å². The zero-order valence-corrected chi connectivity index (χ0v) is 14.6. The van der Waals surface area contributed by atoms with Crippen molar-refractivity contribution in [3.8, 4) is 0 Å². The summed E-state index contributed by atoms with van der Waals surface area (Å²) in [6, 6.07) is 7.86. The van der Waals surface area contributed by atoms with Crippen LogP contribution in [0, 0.1) is 0 Å². The number of nitrogens with zero attached hydrogens (tertiary/aromatic N) is 1. The van der Waals surface area contributed by atoms with Gasteiger partial charge in [0.2, 0.25) is 0 Å². The quantitative estimate of drug-likeness (QED) is 0.826. The lowest BCUT2D eigenvalue weighted by atomic mass is 10.1. The molecule has 4 nitrogen and oxygen atoms in total. The average Bonchev–Trinajstić information content (AvgIpc) is 2.39. The van der Waals surface area contributed by atoms with Gasteiger partial charge in [-0.1, -0.05) is 34.1 Å². The molecule has 0 saturated heterocycles. The van der Waals surface area contributed by atoms with Crippen LogP contribution >= 0.6 is 15.9 Å². The maximum atomic E-state index is 12.1. The van der Waals surface area contributed by atoms with E-state index in [-0.39, 0.29) is 12.1 Å². The highest BCUT2D eigenvalue weighted by molar-refractivity contribution is 9.10. The van der Waals surface area contributed by atoms with E-state index < -0.39 is 11.8 Å². The molecule has 0 saturated carbocycles. The molecule has 1 aromatic carbocycles. The van der Waals surface area contributed by atoms with Gasteiger partial charge in [0.25, 0.3) is 0 Å². The molecule has 0 heterocycles. The number of amides is 2. The van der Waals surface area contributed by atoms with Gasteiger partial charge in [0.1, 0.15) is 0 Å². The number of carbonyl (C=O) groups excluding carboxylic acids is 2. The average molecular weight is 355 g/mol. The topological polar surface area (TPSA) is 49.4 Å². The Morgan fingerprint density at radius 1 is 1.14 bits per heavy atom. The van der Waals surface area contributed by atoms with Crippen LogP contribution in [-0.2, 0) is 16.0 Å². The third kappa shape index (κ3) is 5.16. The molecular formula is C16H23BrN2O2. The van der Waals surface area contributed by atoms with Gasteiger partial charge in [-0.15, -0.1) is 0 Å². The van der Waals surface area contributed by atoms with Crippen LogP contribution in [0.4, 0.5) is 0 Å². The number of nitrogens with one attached hydrogen (secondary N) is 1. The molecular weight excluding hydrogens is 332 g/mol. The summed E-state index contributed by atoms with van der Waals surface area (Å²) >= 11 is 3.47. The first kappa shape index (κ1) is 17.7. The fraction of sp³-hybridized carbons (Fsp3) is 0.500. The van der Waals surface area contributed by atoms with Gasteiger partial charge in [0.05, 0.1) is 0 Å². The Balaban J connectivity index is 2.54. The summed E-state index contributed by atoms with van der Waals surface area (Å²) in [6.07, 6.45) is 0.684. The normalized spacial score (nSPS) is 10.8. The van der Waals surface area contributed by atoms with Gasteiger partial charge in [0.15, 0.2) is 0 Å². The van der Waals surface area contributed by atoms with Crippen molar-refractivity contribution in [2.75, 3.05) is 6.54 Å². The van der Waals surface area contributed by atoms with Gasteiger partial charge in [0, 0.05) is 23.1 Å². The van der Waals surface area contributed by atoms with E-state index in [0.29, 0.717) is 13.0 Å². The minimum atomic E-state index is -0.538. The van der Waals surface area contributed by atoms with E-state index >= 15 is 0 Å². The predicted molar refractivity (Wildman–Crippen MR) is 88.0 cm³/mol. The molecule has 5 heteroatoms. The van der Waals surface area contributed by atoms with Crippen molar-refractivity contribution in [1.82, 2.24) is 10.2 Å². The van der Waals surface area contributed by atoms with Crippen LogP contribution in [-0.4, -0.2) is 35.3 Å². The number of hydrogen-bond donors (Lipinski definition) is 1. The Morgan fingerprint density at radius 3 is 2.24 bits per heavy atom. The van der Waals surface area contributed by atoms with Crippen molar-refractivity contribution >= 4 is 27.7 Å². The van der Waals surface area contributed by atoms with Crippen molar-refractivity contribution < 1.29 is 9.59 Å². The molecule has 0 aliphatic rings. The molecule has 1 aromatic rings. The highest BCUT2D eigenvalue weighted by Crippen LogP contribution is 2.15. The van der Waals surface area contributed by atoms with Crippen LogP contribution in [0.3, 0.4) is 0 Å². The molecule has 2 amide bonds. The fourth-order valence-electron chi connectivity index (χ4n) is 2.27. The molecule has 0 atom stereocenters. The van der Waals surface area contributed by atoms with E-state index in [4.69, 9.17) is 0 Å². The summed E-state index contributed by atoms with van der Waals surface area (Å²) in [7, 11) is 0. The second kappa shape index (κ2) is 8.17. The Bertz CT molecular complexity index is 493. The Hall–Kier alpha value is -1.36. The lowest BCUT2D eigenvalue weighted by molar-refractivity contribution is -0.148. The minimum absolute atomic E-state index is 0.00603. The summed E-state index contributed by atoms with van der Waals surface area (Å²) in [5, 5.41) is 2.70. The first-order chi connectivity index (χ1) is 9.84. The Morgan fingerprint density at radius 2 is 1.71 bits per heavy atom. The molecule has 1 rings (SSSR count). The molecule has 0 radical (unpaired) electrons. The number of carbonyl (C=O) groups is 2. The molecule has 0 aliphatic heterocycles. The summed E-state index contributed by atoms with van der Waals surface area (Å²) in [5.74, 6) is -1.00. The van der Waals surface area contributed by atoms with Crippen LogP contribution in [0.15, 0.2) is 28.7 Å². The van der Waals surface area contributed by atoms with Gasteiger partial charge >= 0.3 is 11.8 Å². The summed E-state index contributed by atoms with van der Waals surface area (Å²) in [4.78, 5) is 25.7. The van der Waals surface area contributed by atoms with E-state index in [1.165, 1.54) is 0 Å². The highest BCUT2D eigenvalue weighted by Gasteiger charge is 2.25. The van der Waals surface area contributed by atoms with Crippen molar-refractivity contribution in [3.05, 3.63) is 34.3 Å². The largest absolute Gasteiger partial charge is 0.347 e. The first-order valence-electron chi connectivity index (χ1n) is 7.18. The van der Waals surface area contributed by atoms with Gasteiger partial charge in [-0.2, -0.15) is 0 Å². The standard InChI is InChI=1S/C16H23BrN2O2/c1-11(2)19(12(3)4)16(21)15(20)18-10-9-13-7-5-6-8-14(13)17/h5-8,11-12H,9-10H2,1-4H3,(H,18,20). The second-order valence-electron chi connectivity index (χ2n) is 5.50. The van der Waals surface area contributed by atoms with E-state index in [2.05, 4.69) is 21.2 Å². The predicted octanol–water partition coefficient (Wildman–Crippen LogP) is 2.75. The fourth-order valence-corrected chi connectivity index (χ4v) is 2.75. The van der Waals surface area contributed by atoms with Crippen molar-refractivity contribution in [3.63, 3.8) is 0 Å². The Kier molecular flexibility index (Phi) is 6.89. The maximum absolute atomic E-state index is 12.1. The van der Waals surface area contributed by atoms with Gasteiger partial charge in [-0.3, -0.25) is 9.59 Å². The van der Waals surface area contributed by atoms with Gasteiger partial charge in [-0.25, -0.2) is 0 Å². The zero-order valence-electron chi connectivity index (χ0n) is 13.0. The van der Waals surface area contributed by atoms with Crippen LogP contribution in [0.25, 0.3) is 0 Å². The van der Waals surface area contributed by atoms with E-state index in [1.807, 2.05) is 52.0 Å². The van der Waals surface area contributed by atoms with Crippen molar-refractivity contribution in [2.45, 2.75) is 46.2 Å². The molecule has 21 heavy (non-hydrogen) atoms. The Labute approximate surface area is 135 Å². The molecule has 116 valence electrons. The SMILES string of the molecule is CC(C)N(C(=O)C(=O)NCCc1ccccc1Br)C(C)C. The third-order valence-corrected chi connectivity index (χ3v) is 3.95. The smallest absolute Gasteiger partial charge is 0.312 e. The van der Waals surface area contributed by atoms with Crippen molar-refractivity contribution in [2.24, 2.45) is 0 Å². The minimum Gasteiger partial charge on any atom is -0.347 e. The molecule has 0 aromatic heterocycles. The highest BCUT2D eigenvalue weighted by atomic mass is 79.9. The van der Waals surface area contributed by atoms with Crippen LogP contribution in [0.5, 0.6) is 0 Å². The first-order valence-corrected chi connectivity index (χ1v) is 7.97. The number of halogens is 1. The number of hydrogen-bond acceptors (Lipinski definition) is 2. The van der Waals surface area contributed by atoms with Crippen molar-refractivity contribution in [1.29, 1.82) is 0 Å². The van der Waals surface area contributed by atoms with Gasteiger partial charge < -0.3 is 10.2 Å². The van der Waals surface area contributed by atoms with Crippen LogP contribution in [0.2, 0.25) is 0 Å². The summed E-state index contributed by atoms with van der Waals surface area (Å²) < 4.78 is 1.01. The van der Waals surface area contributed by atoms with E-state index in [9.17, 15) is 9.59 Å². The molecule has 1 N–H and O–H groups in total. The van der Waals surface area contributed by atoms with Crippen LogP contribution in [0.1, 0.15) is 33.3 Å². The zero-order chi connectivity index (χ0) is 16.0. The lowest BCUT2D eigenvalue weighted by Crippen LogP contribution is -2.49. The molecule has 0 unspecified atom stereocenters. The third-order valence-electron chi connectivity index (χ3n) is 3.18. The summed E-state index contributed by atoms with van der Waals surface area (Å²) in [6.45, 7) is 8.08. The molecule has 0 spiro atoms.